The lowest BCUT2D eigenvalue weighted by atomic mass is 10.1. The van der Waals surface area contributed by atoms with Gasteiger partial charge in [-0.3, -0.25) is 23.3 Å². The van der Waals surface area contributed by atoms with Crippen molar-refractivity contribution in [1.29, 1.82) is 0 Å². The maximum absolute atomic E-state index is 11.0. The quantitative estimate of drug-likeness (QED) is 0.421. The Hall–Kier alpha value is -2.51. The van der Waals surface area contributed by atoms with Gasteiger partial charge in [0.2, 0.25) is 0 Å². The number of nitrogens with zero attached hydrogens (tertiary/aromatic N) is 2. The SMILES string of the molecule is O=Ic1c(C(=O)O)cc([N+](=O)[O-])c([N+](=O)[O-])c1C(=O)O. The van der Waals surface area contributed by atoms with E-state index in [1.165, 1.54) is 0 Å². The minimum Gasteiger partial charge on any atom is -0.478 e. The second-order valence-electron chi connectivity index (χ2n) is 3.18. The topological polar surface area (TPSA) is 178 Å². The third-order valence-corrected chi connectivity index (χ3v) is 3.68. The normalized spacial score (nSPS) is 10.0. The number of hydrogen-bond donors (Lipinski definition) is 2. The number of hydrogen-bond acceptors (Lipinski definition) is 7. The Morgan fingerprint density at radius 3 is 1.95 bits per heavy atom. The Labute approximate surface area is 118 Å². The molecule has 0 radical (unpaired) electrons. The fourth-order valence-corrected chi connectivity index (χ4v) is 2.72. The van der Waals surface area contributed by atoms with Crippen LogP contribution in [0.2, 0.25) is 0 Å². The maximum Gasteiger partial charge on any atom is 0.361 e. The van der Waals surface area contributed by atoms with Gasteiger partial charge in [-0.25, -0.2) is 9.59 Å². The Morgan fingerprint density at radius 1 is 1.10 bits per heavy atom. The summed E-state index contributed by atoms with van der Waals surface area (Å²) in [5.74, 6) is -3.73. The molecule has 0 bridgehead atoms. The second kappa shape index (κ2) is 5.64. The smallest absolute Gasteiger partial charge is 0.361 e. The third-order valence-electron chi connectivity index (χ3n) is 2.12. The van der Waals surface area contributed by atoms with Crippen LogP contribution in [0.1, 0.15) is 20.7 Å². The van der Waals surface area contributed by atoms with Crippen molar-refractivity contribution in [2.24, 2.45) is 0 Å². The molecule has 0 heterocycles. The molecule has 0 amide bonds. The molecule has 1 aromatic carbocycles. The monoisotopic (exact) mass is 398 g/mol. The molecule has 0 aliphatic carbocycles. The molecule has 0 aromatic heterocycles. The standard InChI is InChI=1S/C8H3IN2O9/c12-7(13)2-1-3(10(17)18)6(11(19)20)4(8(14)15)5(2)9-16/h1H,(H,12,13)(H,14,15). The van der Waals surface area contributed by atoms with E-state index in [2.05, 4.69) is 0 Å². The number of carboxylic acid groups (broad SMARTS) is 2. The van der Waals surface area contributed by atoms with Crippen molar-refractivity contribution in [1.82, 2.24) is 0 Å². The van der Waals surface area contributed by atoms with Gasteiger partial charge in [-0.1, -0.05) is 0 Å². The van der Waals surface area contributed by atoms with Gasteiger partial charge in [0.25, 0.3) is 0 Å². The number of nitro groups is 2. The van der Waals surface area contributed by atoms with E-state index in [0.29, 0.717) is 6.07 Å². The molecular formula is C8H3IN2O9. The largest absolute Gasteiger partial charge is 0.478 e. The first kappa shape index (κ1) is 15.5. The van der Waals surface area contributed by atoms with Crippen LogP contribution in [0.25, 0.3) is 0 Å². The van der Waals surface area contributed by atoms with Crippen molar-refractivity contribution < 1.29 is 32.7 Å². The lowest BCUT2D eigenvalue weighted by molar-refractivity contribution is -0.422. The maximum atomic E-state index is 11.0. The Bertz CT molecular complexity index is 668. The lowest BCUT2D eigenvalue weighted by Crippen LogP contribution is -2.13. The Kier molecular flexibility index (Phi) is 4.38. The number of nitro benzene ring substituents is 2. The highest BCUT2D eigenvalue weighted by Crippen LogP contribution is 2.37. The van der Waals surface area contributed by atoms with Crippen LogP contribution >= 0.6 is 21.2 Å². The van der Waals surface area contributed by atoms with Crippen molar-refractivity contribution in [3.63, 3.8) is 0 Å². The second-order valence-corrected chi connectivity index (χ2v) is 4.70. The van der Waals surface area contributed by atoms with Crippen LogP contribution in [0.15, 0.2) is 6.07 Å². The molecule has 11 nitrogen and oxygen atoms in total. The summed E-state index contributed by atoms with van der Waals surface area (Å²) >= 11 is -2.41. The van der Waals surface area contributed by atoms with E-state index in [0.717, 1.165) is 0 Å². The average molecular weight is 398 g/mol. The molecule has 106 valence electrons. The van der Waals surface area contributed by atoms with E-state index in [1.807, 2.05) is 0 Å². The van der Waals surface area contributed by atoms with Crippen molar-refractivity contribution in [3.05, 3.63) is 41.0 Å². The van der Waals surface area contributed by atoms with E-state index >= 15 is 0 Å². The molecule has 0 saturated carbocycles. The third kappa shape index (κ3) is 2.58. The van der Waals surface area contributed by atoms with Crippen molar-refractivity contribution in [3.8, 4) is 0 Å². The zero-order chi connectivity index (χ0) is 15.6. The van der Waals surface area contributed by atoms with Crippen LogP contribution in [0.5, 0.6) is 0 Å². The van der Waals surface area contributed by atoms with Crippen LogP contribution in [0, 0.1) is 23.8 Å². The van der Waals surface area contributed by atoms with E-state index in [1.54, 1.807) is 0 Å². The molecule has 20 heavy (non-hydrogen) atoms. The summed E-state index contributed by atoms with van der Waals surface area (Å²) < 4.78 is 10.3. The summed E-state index contributed by atoms with van der Waals surface area (Å²) in [4.78, 5) is 40.8. The van der Waals surface area contributed by atoms with Gasteiger partial charge in [-0.05, 0) is 0 Å². The summed E-state index contributed by atoms with van der Waals surface area (Å²) in [5, 5.41) is 39.3. The van der Waals surface area contributed by atoms with Gasteiger partial charge in [0.1, 0.15) is 0 Å². The van der Waals surface area contributed by atoms with E-state index in [-0.39, 0.29) is 0 Å². The molecular weight excluding hydrogens is 395 g/mol. The highest BCUT2D eigenvalue weighted by Gasteiger charge is 2.38. The van der Waals surface area contributed by atoms with Gasteiger partial charge in [-0.2, -0.15) is 0 Å². The lowest BCUT2D eigenvalue weighted by Gasteiger charge is -2.05. The van der Waals surface area contributed by atoms with Crippen LogP contribution in [-0.2, 0) is 3.07 Å². The van der Waals surface area contributed by atoms with Gasteiger partial charge in [0.15, 0.2) is 26.8 Å². The summed E-state index contributed by atoms with van der Waals surface area (Å²) in [7, 11) is 0. The first-order valence-corrected chi connectivity index (χ1v) is 6.41. The van der Waals surface area contributed by atoms with Gasteiger partial charge in [0, 0.05) is 6.07 Å². The highest BCUT2D eigenvalue weighted by molar-refractivity contribution is 14.1. The van der Waals surface area contributed by atoms with Crippen LogP contribution in [-0.4, -0.2) is 32.0 Å². The summed E-state index contributed by atoms with van der Waals surface area (Å²) in [6.07, 6.45) is 0. The number of carboxylic acids is 2. The predicted molar refractivity (Wildman–Crippen MR) is 67.1 cm³/mol. The van der Waals surface area contributed by atoms with Crippen LogP contribution in [0.3, 0.4) is 0 Å². The molecule has 0 fully saturated rings. The molecule has 0 aliphatic heterocycles. The number of aromatic carboxylic acids is 2. The first-order valence-electron chi connectivity index (χ1n) is 4.45. The molecule has 0 aliphatic rings. The molecule has 0 spiro atoms. The number of benzene rings is 1. The van der Waals surface area contributed by atoms with Crippen LogP contribution in [0.4, 0.5) is 11.4 Å². The van der Waals surface area contributed by atoms with E-state index in [4.69, 9.17) is 10.2 Å². The van der Waals surface area contributed by atoms with Gasteiger partial charge in [-0.15, -0.1) is 0 Å². The summed E-state index contributed by atoms with van der Waals surface area (Å²) in [5.41, 5.74) is -4.81. The average Bonchev–Trinajstić information content (AvgIpc) is 2.35. The van der Waals surface area contributed by atoms with Crippen molar-refractivity contribution in [2.75, 3.05) is 0 Å². The molecule has 0 unspecified atom stereocenters. The fourth-order valence-electron chi connectivity index (χ4n) is 1.39. The molecule has 12 heteroatoms. The zero-order valence-electron chi connectivity index (χ0n) is 9.10. The molecule has 1 rings (SSSR count). The van der Waals surface area contributed by atoms with E-state index < -0.39 is 69.0 Å². The molecule has 1 aromatic rings. The number of rotatable bonds is 5. The predicted octanol–water partition coefficient (Wildman–Crippen LogP) is 1.39. The minimum absolute atomic E-state index is 0.333. The Balaban J connectivity index is 4.05. The van der Waals surface area contributed by atoms with Gasteiger partial charge >= 0.3 is 23.3 Å². The number of carbonyl (C=O) groups is 2. The Morgan fingerprint density at radius 2 is 1.65 bits per heavy atom. The molecule has 2 N–H and O–H groups in total. The van der Waals surface area contributed by atoms with Crippen LogP contribution < -0.4 is 0 Å². The zero-order valence-corrected chi connectivity index (χ0v) is 11.3. The minimum atomic E-state index is -2.41. The molecule has 0 atom stereocenters. The highest BCUT2D eigenvalue weighted by atomic mass is 127. The van der Waals surface area contributed by atoms with Gasteiger partial charge < -0.3 is 10.2 Å². The van der Waals surface area contributed by atoms with Gasteiger partial charge in [0.05, 0.1) is 19.0 Å². The van der Waals surface area contributed by atoms with E-state index in [9.17, 15) is 32.9 Å². The number of halogens is 1. The summed E-state index contributed by atoms with van der Waals surface area (Å²) in [6.45, 7) is 0. The first-order chi connectivity index (χ1) is 9.22. The fraction of sp³-hybridized carbons (Fsp3) is 0. The van der Waals surface area contributed by atoms with Crippen molar-refractivity contribution in [2.45, 2.75) is 0 Å². The molecule has 0 saturated heterocycles. The summed E-state index contributed by atoms with van der Waals surface area (Å²) in [6, 6.07) is 0.333. The van der Waals surface area contributed by atoms with Crippen molar-refractivity contribution >= 4 is 44.5 Å².